The van der Waals surface area contributed by atoms with E-state index in [0.717, 1.165) is 24.5 Å². The Morgan fingerprint density at radius 1 is 1.24 bits per heavy atom. The minimum Gasteiger partial charge on any atom is -0.329 e. The molecule has 21 heavy (non-hydrogen) atoms. The van der Waals surface area contributed by atoms with E-state index in [0.29, 0.717) is 6.54 Å². The zero-order valence-electron chi connectivity index (χ0n) is 13.3. The van der Waals surface area contributed by atoms with Gasteiger partial charge in [0.05, 0.1) is 0 Å². The van der Waals surface area contributed by atoms with E-state index in [4.69, 9.17) is 17.3 Å². The van der Waals surface area contributed by atoms with Crippen LogP contribution in [0.3, 0.4) is 0 Å². The summed E-state index contributed by atoms with van der Waals surface area (Å²) < 4.78 is 0. The summed E-state index contributed by atoms with van der Waals surface area (Å²) in [7, 11) is 2.19. The molecule has 0 aliphatic carbocycles. The molecular formula is C17H28ClN3. The van der Waals surface area contributed by atoms with Gasteiger partial charge in [-0.15, -0.1) is 0 Å². The van der Waals surface area contributed by atoms with E-state index in [1.54, 1.807) is 0 Å². The Balaban J connectivity index is 1.92. The van der Waals surface area contributed by atoms with Gasteiger partial charge in [0.25, 0.3) is 0 Å². The third-order valence-corrected chi connectivity index (χ3v) is 5.06. The van der Waals surface area contributed by atoms with Crippen LogP contribution in [-0.2, 0) is 6.42 Å². The van der Waals surface area contributed by atoms with Gasteiger partial charge >= 0.3 is 0 Å². The second-order valence-corrected chi connectivity index (χ2v) is 6.91. The monoisotopic (exact) mass is 309 g/mol. The first-order chi connectivity index (χ1) is 10.0. The van der Waals surface area contributed by atoms with Gasteiger partial charge in [-0.05, 0) is 64.0 Å². The number of hydrogen-bond donors (Lipinski definition) is 1. The van der Waals surface area contributed by atoms with Gasteiger partial charge in [0.15, 0.2) is 0 Å². The highest BCUT2D eigenvalue weighted by Gasteiger charge is 2.28. The van der Waals surface area contributed by atoms with Crippen LogP contribution in [0.15, 0.2) is 24.3 Å². The van der Waals surface area contributed by atoms with Crippen LogP contribution in [0.1, 0.15) is 25.3 Å². The standard InChI is InChI=1S/C17H28ClN3/c1-17(14-19,13-15-5-7-16(18)8-6-15)20(2)11-12-21-9-3-4-10-21/h5-8H,3-4,9-14,19H2,1-2H3. The third kappa shape index (κ3) is 4.68. The topological polar surface area (TPSA) is 32.5 Å². The van der Waals surface area contributed by atoms with Gasteiger partial charge in [-0.3, -0.25) is 4.90 Å². The molecule has 0 amide bonds. The lowest BCUT2D eigenvalue weighted by Gasteiger charge is -2.39. The minimum atomic E-state index is -0.00640. The van der Waals surface area contributed by atoms with E-state index in [-0.39, 0.29) is 5.54 Å². The van der Waals surface area contributed by atoms with E-state index in [2.05, 4.69) is 35.9 Å². The minimum absolute atomic E-state index is 0.00640. The average Bonchev–Trinajstić information content (AvgIpc) is 3.00. The van der Waals surface area contributed by atoms with Crippen molar-refractivity contribution in [3.8, 4) is 0 Å². The van der Waals surface area contributed by atoms with Crippen LogP contribution in [0.25, 0.3) is 0 Å². The van der Waals surface area contributed by atoms with Crippen LogP contribution in [0.2, 0.25) is 5.02 Å². The number of likely N-dealkylation sites (tertiary alicyclic amines) is 1. The van der Waals surface area contributed by atoms with Gasteiger partial charge in [0.2, 0.25) is 0 Å². The highest BCUT2D eigenvalue weighted by molar-refractivity contribution is 6.30. The SMILES string of the molecule is CN(CCN1CCCC1)C(C)(CN)Cc1ccc(Cl)cc1. The molecule has 1 fully saturated rings. The van der Waals surface area contributed by atoms with Crippen molar-refractivity contribution >= 4 is 11.6 Å². The Hall–Kier alpha value is -0.610. The molecule has 1 aromatic carbocycles. The predicted molar refractivity (Wildman–Crippen MR) is 90.9 cm³/mol. The molecule has 3 nitrogen and oxygen atoms in total. The molecule has 0 radical (unpaired) electrons. The van der Waals surface area contributed by atoms with Crippen LogP contribution in [0, 0.1) is 0 Å². The van der Waals surface area contributed by atoms with Gasteiger partial charge in [-0.2, -0.15) is 0 Å². The van der Waals surface area contributed by atoms with Crippen LogP contribution >= 0.6 is 11.6 Å². The second kappa shape index (κ2) is 7.59. The fourth-order valence-electron chi connectivity index (χ4n) is 2.97. The second-order valence-electron chi connectivity index (χ2n) is 6.47. The molecule has 1 heterocycles. The fourth-order valence-corrected chi connectivity index (χ4v) is 3.10. The third-order valence-electron chi connectivity index (χ3n) is 4.81. The number of nitrogens with zero attached hydrogens (tertiary/aromatic N) is 2. The number of hydrogen-bond acceptors (Lipinski definition) is 3. The molecule has 1 saturated heterocycles. The molecule has 2 N–H and O–H groups in total. The molecule has 0 bridgehead atoms. The van der Waals surface area contributed by atoms with Gasteiger partial charge in [0.1, 0.15) is 0 Å². The lowest BCUT2D eigenvalue weighted by molar-refractivity contribution is 0.128. The van der Waals surface area contributed by atoms with Gasteiger partial charge in [-0.1, -0.05) is 23.7 Å². The zero-order chi connectivity index (χ0) is 15.3. The van der Waals surface area contributed by atoms with Crippen molar-refractivity contribution in [2.24, 2.45) is 5.73 Å². The molecular weight excluding hydrogens is 282 g/mol. The largest absolute Gasteiger partial charge is 0.329 e. The summed E-state index contributed by atoms with van der Waals surface area (Å²) in [6.45, 7) is 7.64. The van der Waals surface area contributed by atoms with E-state index >= 15 is 0 Å². The number of likely N-dealkylation sites (N-methyl/N-ethyl adjacent to an activating group) is 1. The first-order valence-electron chi connectivity index (χ1n) is 7.91. The van der Waals surface area contributed by atoms with Crippen molar-refractivity contribution in [3.05, 3.63) is 34.9 Å². The normalized spacial score (nSPS) is 19.1. The maximum Gasteiger partial charge on any atom is 0.0406 e. The first-order valence-corrected chi connectivity index (χ1v) is 8.29. The Kier molecular flexibility index (Phi) is 6.06. The number of rotatable bonds is 7. The van der Waals surface area contributed by atoms with Gasteiger partial charge in [0, 0.05) is 30.2 Å². The molecule has 0 spiro atoms. The van der Waals surface area contributed by atoms with Crippen LogP contribution in [0.4, 0.5) is 0 Å². The van der Waals surface area contributed by atoms with Crippen LogP contribution in [-0.4, -0.2) is 55.1 Å². The molecule has 1 aromatic rings. The maximum absolute atomic E-state index is 6.09. The fraction of sp³-hybridized carbons (Fsp3) is 0.647. The Bertz CT molecular complexity index is 428. The first kappa shape index (κ1) is 16.8. The zero-order valence-corrected chi connectivity index (χ0v) is 14.1. The lowest BCUT2D eigenvalue weighted by Crippen LogP contribution is -2.53. The van der Waals surface area contributed by atoms with E-state index in [9.17, 15) is 0 Å². The quantitative estimate of drug-likeness (QED) is 0.840. The van der Waals surface area contributed by atoms with E-state index < -0.39 is 0 Å². The lowest BCUT2D eigenvalue weighted by atomic mass is 9.91. The molecule has 2 rings (SSSR count). The van der Waals surface area contributed by atoms with Crippen molar-refractivity contribution in [1.29, 1.82) is 0 Å². The number of nitrogens with two attached hydrogens (primary N) is 1. The Morgan fingerprint density at radius 2 is 1.86 bits per heavy atom. The molecule has 4 heteroatoms. The van der Waals surface area contributed by atoms with Crippen LogP contribution < -0.4 is 5.73 Å². The molecule has 1 atom stereocenters. The number of benzene rings is 1. The summed E-state index contributed by atoms with van der Waals surface area (Å²) in [5.41, 5.74) is 7.37. The molecule has 0 aromatic heterocycles. The van der Waals surface area contributed by atoms with Gasteiger partial charge < -0.3 is 10.6 Å². The Labute approximate surface area is 134 Å². The highest BCUT2D eigenvalue weighted by atomic mass is 35.5. The average molecular weight is 310 g/mol. The summed E-state index contributed by atoms with van der Waals surface area (Å²) in [5, 5.41) is 0.788. The molecule has 1 aliphatic heterocycles. The maximum atomic E-state index is 6.09. The van der Waals surface area contributed by atoms with Crippen LogP contribution in [0.5, 0.6) is 0 Å². The summed E-state index contributed by atoms with van der Waals surface area (Å²) >= 11 is 5.96. The molecule has 118 valence electrons. The molecule has 1 unspecified atom stereocenters. The molecule has 1 aliphatic rings. The van der Waals surface area contributed by atoms with Crippen molar-refractivity contribution in [2.45, 2.75) is 31.7 Å². The van der Waals surface area contributed by atoms with Crippen molar-refractivity contribution < 1.29 is 0 Å². The van der Waals surface area contributed by atoms with Crippen molar-refractivity contribution in [1.82, 2.24) is 9.80 Å². The molecule has 0 saturated carbocycles. The summed E-state index contributed by atoms with van der Waals surface area (Å²) in [6.07, 6.45) is 3.66. The summed E-state index contributed by atoms with van der Waals surface area (Å²) in [5.74, 6) is 0. The summed E-state index contributed by atoms with van der Waals surface area (Å²) in [4.78, 5) is 4.97. The smallest absolute Gasteiger partial charge is 0.0406 e. The summed E-state index contributed by atoms with van der Waals surface area (Å²) in [6, 6.07) is 8.12. The number of halogens is 1. The van der Waals surface area contributed by atoms with Crippen molar-refractivity contribution in [2.75, 3.05) is 39.8 Å². The van der Waals surface area contributed by atoms with Crippen molar-refractivity contribution in [3.63, 3.8) is 0 Å². The Morgan fingerprint density at radius 3 is 2.43 bits per heavy atom. The van der Waals surface area contributed by atoms with Gasteiger partial charge in [-0.25, -0.2) is 0 Å². The van der Waals surface area contributed by atoms with E-state index in [1.807, 2.05) is 12.1 Å². The highest BCUT2D eigenvalue weighted by Crippen LogP contribution is 2.20. The van der Waals surface area contributed by atoms with E-state index in [1.165, 1.54) is 31.5 Å². The predicted octanol–water partition coefficient (Wildman–Crippen LogP) is 2.63.